The van der Waals surface area contributed by atoms with Crippen molar-refractivity contribution < 1.29 is 9.84 Å². The number of ether oxygens (including phenoxy) is 1. The van der Waals surface area contributed by atoms with Crippen LogP contribution in [0.4, 0.5) is 5.13 Å². The van der Waals surface area contributed by atoms with Crippen LogP contribution in [0.1, 0.15) is 18.6 Å². The van der Waals surface area contributed by atoms with Gasteiger partial charge in [0.2, 0.25) is 5.13 Å². The van der Waals surface area contributed by atoms with Crippen LogP contribution in [0.15, 0.2) is 27.4 Å². The van der Waals surface area contributed by atoms with Gasteiger partial charge in [0.15, 0.2) is 4.34 Å². The Morgan fingerprint density at radius 1 is 1.35 bits per heavy atom. The van der Waals surface area contributed by atoms with Crippen LogP contribution in [0.2, 0.25) is 0 Å². The van der Waals surface area contributed by atoms with Gasteiger partial charge in [0, 0.05) is 24.6 Å². The molecule has 0 aliphatic rings. The Bertz CT molecular complexity index is 585. The SMILES string of the molecule is COc1cccc(Sc2nnc(N(C)C)s2)c1[C@@H](C)O. The minimum Gasteiger partial charge on any atom is -0.496 e. The van der Waals surface area contributed by atoms with Crippen LogP contribution in [-0.2, 0) is 0 Å². The molecular formula is C13H17N3O2S2. The Hall–Kier alpha value is -1.31. The van der Waals surface area contributed by atoms with E-state index < -0.39 is 6.10 Å². The third-order valence-electron chi connectivity index (χ3n) is 2.64. The molecule has 0 unspecified atom stereocenters. The summed E-state index contributed by atoms with van der Waals surface area (Å²) in [6.45, 7) is 1.73. The maximum Gasteiger partial charge on any atom is 0.208 e. The molecular weight excluding hydrogens is 294 g/mol. The first-order chi connectivity index (χ1) is 9.52. The molecule has 0 amide bonds. The van der Waals surface area contributed by atoms with E-state index in [1.165, 1.54) is 23.1 Å². The topological polar surface area (TPSA) is 58.5 Å². The van der Waals surface area contributed by atoms with E-state index in [0.29, 0.717) is 5.75 Å². The van der Waals surface area contributed by atoms with E-state index in [9.17, 15) is 5.11 Å². The average Bonchev–Trinajstić information content (AvgIpc) is 2.86. The highest BCUT2D eigenvalue weighted by Crippen LogP contribution is 2.40. The van der Waals surface area contributed by atoms with Crippen molar-refractivity contribution in [3.8, 4) is 5.75 Å². The summed E-state index contributed by atoms with van der Waals surface area (Å²) in [6, 6.07) is 5.70. The fraction of sp³-hybridized carbons (Fsp3) is 0.385. The smallest absolute Gasteiger partial charge is 0.208 e. The molecule has 0 fully saturated rings. The minimum absolute atomic E-state index is 0.602. The molecule has 1 aromatic heterocycles. The number of methoxy groups -OCH3 is 1. The highest BCUT2D eigenvalue weighted by molar-refractivity contribution is 8.01. The first kappa shape index (κ1) is 15.1. The van der Waals surface area contributed by atoms with Crippen molar-refractivity contribution in [1.29, 1.82) is 0 Å². The van der Waals surface area contributed by atoms with E-state index in [-0.39, 0.29) is 0 Å². The number of aliphatic hydroxyl groups is 1. The Labute approximate surface area is 126 Å². The molecule has 1 aromatic carbocycles. The molecule has 1 heterocycles. The van der Waals surface area contributed by atoms with Crippen molar-refractivity contribution >= 4 is 28.2 Å². The number of benzene rings is 1. The molecule has 0 spiro atoms. The van der Waals surface area contributed by atoms with Gasteiger partial charge in [-0.1, -0.05) is 29.2 Å². The van der Waals surface area contributed by atoms with Gasteiger partial charge in [-0.25, -0.2) is 0 Å². The van der Waals surface area contributed by atoms with E-state index >= 15 is 0 Å². The first-order valence-corrected chi connectivity index (χ1v) is 7.70. The van der Waals surface area contributed by atoms with Crippen LogP contribution in [0.25, 0.3) is 0 Å². The summed E-state index contributed by atoms with van der Waals surface area (Å²) in [4.78, 5) is 2.85. The first-order valence-electron chi connectivity index (χ1n) is 6.06. The van der Waals surface area contributed by atoms with Crippen LogP contribution in [0, 0.1) is 0 Å². The second kappa shape index (κ2) is 6.43. The minimum atomic E-state index is -0.602. The number of aromatic nitrogens is 2. The lowest BCUT2D eigenvalue weighted by molar-refractivity contribution is 0.191. The summed E-state index contributed by atoms with van der Waals surface area (Å²) in [6.07, 6.45) is -0.602. The zero-order valence-corrected chi connectivity index (χ0v) is 13.5. The van der Waals surface area contributed by atoms with Gasteiger partial charge in [-0.05, 0) is 19.1 Å². The van der Waals surface area contributed by atoms with Gasteiger partial charge in [0.25, 0.3) is 0 Å². The number of rotatable bonds is 5. The van der Waals surface area contributed by atoms with Crippen molar-refractivity contribution in [1.82, 2.24) is 10.2 Å². The largest absolute Gasteiger partial charge is 0.496 e. The summed E-state index contributed by atoms with van der Waals surface area (Å²) in [5.74, 6) is 0.683. The zero-order chi connectivity index (χ0) is 14.7. The molecule has 0 radical (unpaired) electrons. The van der Waals surface area contributed by atoms with E-state index in [4.69, 9.17) is 4.74 Å². The third kappa shape index (κ3) is 3.23. The van der Waals surface area contributed by atoms with Crippen LogP contribution >= 0.6 is 23.1 Å². The predicted molar refractivity (Wildman–Crippen MR) is 82.0 cm³/mol. The second-order valence-electron chi connectivity index (χ2n) is 4.40. The number of aliphatic hydroxyl groups excluding tert-OH is 1. The van der Waals surface area contributed by atoms with Crippen molar-refractivity contribution in [2.75, 3.05) is 26.1 Å². The lowest BCUT2D eigenvalue weighted by Gasteiger charge is -2.14. The predicted octanol–water partition coefficient (Wildman–Crippen LogP) is 2.82. The molecule has 0 saturated heterocycles. The van der Waals surface area contributed by atoms with Crippen molar-refractivity contribution in [2.45, 2.75) is 22.3 Å². The Morgan fingerprint density at radius 3 is 2.65 bits per heavy atom. The highest BCUT2D eigenvalue weighted by Gasteiger charge is 2.17. The summed E-state index contributed by atoms with van der Waals surface area (Å²) >= 11 is 3.00. The molecule has 108 valence electrons. The number of hydrogen-bond acceptors (Lipinski definition) is 7. The van der Waals surface area contributed by atoms with Crippen LogP contribution in [0.3, 0.4) is 0 Å². The highest BCUT2D eigenvalue weighted by atomic mass is 32.2. The van der Waals surface area contributed by atoms with Gasteiger partial charge in [-0.2, -0.15) is 0 Å². The summed E-state index contributed by atoms with van der Waals surface area (Å²) in [5, 5.41) is 19.1. The van der Waals surface area contributed by atoms with E-state index in [2.05, 4.69) is 10.2 Å². The Morgan fingerprint density at radius 2 is 2.10 bits per heavy atom. The maximum absolute atomic E-state index is 9.95. The molecule has 2 rings (SSSR count). The molecule has 0 aliphatic heterocycles. The lowest BCUT2D eigenvalue weighted by atomic mass is 10.1. The van der Waals surface area contributed by atoms with Crippen molar-refractivity contribution in [2.24, 2.45) is 0 Å². The fourth-order valence-corrected chi connectivity index (χ4v) is 3.68. The standard InChI is InChI=1S/C13H17N3O2S2/c1-8(17)11-9(18-4)6-5-7-10(11)19-13-15-14-12(20-13)16(2)3/h5-8,17H,1-4H3/t8-/m1/s1. The van der Waals surface area contributed by atoms with Crippen molar-refractivity contribution in [3.05, 3.63) is 23.8 Å². The van der Waals surface area contributed by atoms with Gasteiger partial charge in [0.1, 0.15) is 5.75 Å². The molecule has 2 aromatic rings. The summed E-state index contributed by atoms with van der Waals surface area (Å²) < 4.78 is 6.15. The van der Waals surface area contributed by atoms with E-state index in [0.717, 1.165) is 19.9 Å². The molecule has 0 saturated carbocycles. The monoisotopic (exact) mass is 311 g/mol. The maximum atomic E-state index is 9.95. The van der Waals surface area contributed by atoms with Crippen LogP contribution in [-0.4, -0.2) is 36.5 Å². The van der Waals surface area contributed by atoms with Gasteiger partial charge in [-0.3, -0.25) is 0 Å². The number of anilines is 1. The van der Waals surface area contributed by atoms with Gasteiger partial charge >= 0.3 is 0 Å². The fourth-order valence-electron chi connectivity index (χ4n) is 1.72. The molecule has 5 nitrogen and oxygen atoms in total. The van der Waals surface area contributed by atoms with E-state index in [1.54, 1.807) is 14.0 Å². The van der Waals surface area contributed by atoms with Gasteiger partial charge in [-0.15, -0.1) is 10.2 Å². The normalized spacial score (nSPS) is 12.2. The zero-order valence-electron chi connectivity index (χ0n) is 11.8. The van der Waals surface area contributed by atoms with Crippen LogP contribution in [0.5, 0.6) is 5.75 Å². The summed E-state index contributed by atoms with van der Waals surface area (Å²) in [5.41, 5.74) is 0.779. The molecule has 20 heavy (non-hydrogen) atoms. The molecule has 1 N–H and O–H groups in total. The van der Waals surface area contributed by atoms with E-state index in [1.807, 2.05) is 37.2 Å². The molecule has 0 aliphatic carbocycles. The average molecular weight is 311 g/mol. The molecule has 0 bridgehead atoms. The Balaban J connectivity index is 2.32. The quantitative estimate of drug-likeness (QED) is 0.916. The molecule has 1 atom stereocenters. The number of nitrogens with zero attached hydrogens (tertiary/aromatic N) is 3. The lowest BCUT2D eigenvalue weighted by Crippen LogP contribution is -2.07. The summed E-state index contributed by atoms with van der Waals surface area (Å²) in [7, 11) is 5.47. The van der Waals surface area contributed by atoms with Crippen LogP contribution < -0.4 is 9.64 Å². The second-order valence-corrected chi connectivity index (χ2v) is 6.64. The van der Waals surface area contributed by atoms with Gasteiger partial charge in [0.05, 0.1) is 13.2 Å². The third-order valence-corrected chi connectivity index (χ3v) is 4.86. The Kier molecular flexibility index (Phi) is 4.85. The molecule has 7 heteroatoms. The number of hydrogen-bond donors (Lipinski definition) is 1. The van der Waals surface area contributed by atoms with Gasteiger partial charge < -0.3 is 14.7 Å². The van der Waals surface area contributed by atoms with Crippen molar-refractivity contribution in [3.63, 3.8) is 0 Å².